The predicted octanol–water partition coefficient (Wildman–Crippen LogP) is 2.05. The summed E-state index contributed by atoms with van der Waals surface area (Å²) in [5.41, 5.74) is 3.22. The summed E-state index contributed by atoms with van der Waals surface area (Å²) in [4.78, 5) is 21.0. The number of ether oxygens (including phenoxy) is 2. The maximum atomic E-state index is 12.6. The van der Waals surface area contributed by atoms with E-state index in [0.717, 1.165) is 61.5 Å². The van der Waals surface area contributed by atoms with Crippen molar-refractivity contribution in [1.29, 1.82) is 0 Å². The molecule has 7 nitrogen and oxygen atoms in total. The highest BCUT2D eigenvalue weighted by atomic mass is 16.5. The van der Waals surface area contributed by atoms with Crippen molar-refractivity contribution < 1.29 is 14.3 Å². The van der Waals surface area contributed by atoms with Gasteiger partial charge in [0.1, 0.15) is 12.4 Å². The number of hydrogen-bond donors (Lipinski definition) is 0. The maximum Gasteiger partial charge on any atom is 0.248 e. The zero-order valence-electron chi connectivity index (χ0n) is 21.6. The van der Waals surface area contributed by atoms with Gasteiger partial charge >= 0.3 is 0 Å². The largest absolute Gasteiger partial charge is 0.497 e. The molecule has 2 rings (SSSR count). The molecule has 0 saturated carbocycles. The van der Waals surface area contributed by atoms with Crippen molar-refractivity contribution in [3.63, 3.8) is 0 Å². The van der Waals surface area contributed by atoms with Crippen LogP contribution in [0.5, 0.6) is 5.75 Å². The molecule has 0 atom stereocenters. The number of carbonyl (C=O) groups is 1. The van der Waals surface area contributed by atoms with Gasteiger partial charge in [-0.1, -0.05) is 0 Å². The molecule has 1 aliphatic rings. The van der Waals surface area contributed by atoms with Crippen LogP contribution in [0, 0.1) is 25.8 Å². The molecule has 0 radical (unpaired) electrons. The van der Waals surface area contributed by atoms with Gasteiger partial charge < -0.3 is 29.1 Å². The molecule has 0 aliphatic carbocycles. The summed E-state index contributed by atoms with van der Waals surface area (Å²) >= 11 is 0. The topological polar surface area (TPSA) is 48.5 Å². The van der Waals surface area contributed by atoms with Gasteiger partial charge in [0.15, 0.2) is 0 Å². The summed E-state index contributed by atoms with van der Waals surface area (Å²) in [6, 6.07) is 7.46. The van der Waals surface area contributed by atoms with E-state index in [4.69, 9.17) is 9.47 Å². The normalized spacial score (nSPS) is 14.7. The summed E-state index contributed by atoms with van der Waals surface area (Å²) < 4.78 is 11.0. The molecule has 1 amide bonds. The van der Waals surface area contributed by atoms with Gasteiger partial charge in [-0.3, -0.25) is 4.79 Å². The first kappa shape index (κ1) is 27.0. The number of likely N-dealkylation sites (tertiary alicyclic amines) is 1. The van der Waals surface area contributed by atoms with Crippen molar-refractivity contribution in [2.45, 2.75) is 32.7 Å². The molecule has 1 aromatic rings. The van der Waals surface area contributed by atoms with Crippen molar-refractivity contribution in [3.8, 4) is 17.7 Å². The number of piperidine rings is 1. The van der Waals surface area contributed by atoms with E-state index in [9.17, 15) is 4.79 Å². The molecule has 1 saturated heterocycles. The van der Waals surface area contributed by atoms with E-state index in [1.165, 1.54) is 0 Å². The molecule has 0 unspecified atom stereocenters. The number of nitrogens with zero attached hydrogens (tertiary/aromatic N) is 4. The number of amides is 1. The Balaban J connectivity index is 1.69. The molecule has 1 fully saturated rings. The van der Waals surface area contributed by atoms with Crippen molar-refractivity contribution in [3.05, 3.63) is 28.8 Å². The zero-order chi connectivity index (χ0) is 24.4. The number of carbonyl (C=O) groups excluding carboxylic acids is 1. The summed E-state index contributed by atoms with van der Waals surface area (Å²) in [6.07, 6.45) is 2.05. The third kappa shape index (κ3) is 8.88. The van der Waals surface area contributed by atoms with Crippen LogP contribution >= 0.6 is 0 Å². The molecule has 0 spiro atoms. The van der Waals surface area contributed by atoms with Crippen molar-refractivity contribution in [2.24, 2.45) is 0 Å². The Hall–Kier alpha value is -2.27. The van der Waals surface area contributed by atoms with Crippen LogP contribution in [0.4, 0.5) is 0 Å². The van der Waals surface area contributed by atoms with Crippen LogP contribution in [0.25, 0.3) is 0 Å². The predicted molar refractivity (Wildman–Crippen MR) is 134 cm³/mol. The van der Waals surface area contributed by atoms with Crippen molar-refractivity contribution in [2.75, 3.05) is 81.2 Å². The van der Waals surface area contributed by atoms with Gasteiger partial charge in [-0.25, -0.2) is 0 Å². The lowest BCUT2D eigenvalue weighted by Crippen LogP contribution is -2.47. The second kappa shape index (κ2) is 13.4. The number of likely N-dealkylation sites (N-methyl/N-ethyl adjacent to an activating group) is 3. The van der Waals surface area contributed by atoms with E-state index in [1.807, 2.05) is 49.9 Å². The summed E-state index contributed by atoms with van der Waals surface area (Å²) in [5.74, 6) is 4.15. The van der Waals surface area contributed by atoms with Gasteiger partial charge in [-0.15, -0.1) is 0 Å². The fourth-order valence-electron chi connectivity index (χ4n) is 3.98. The van der Waals surface area contributed by atoms with Crippen LogP contribution in [-0.4, -0.2) is 113 Å². The second-order valence-corrected chi connectivity index (χ2v) is 9.23. The average Bonchev–Trinajstić information content (AvgIpc) is 2.79. The Labute approximate surface area is 200 Å². The second-order valence-electron chi connectivity index (χ2n) is 9.23. The third-order valence-electron chi connectivity index (χ3n) is 6.27. The Morgan fingerprint density at radius 2 is 1.73 bits per heavy atom. The van der Waals surface area contributed by atoms with E-state index < -0.39 is 0 Å². The Morgan fingerprint density at radius 3 is 2.30 bits per heavy atom. The quantitative estimate of drug-likeness (QED) is 0.304. The summed E-state index contributed by atoms with van der Waals surface area (Å²) in [6.45, 7) is 9.57. The monoisotopic (exact) mass is 458 g/mol. The molecular formula is C26H42N4O3. The lowest BCUT2D eigenvalue weighted by Gasteiger charge is -2.37. The highest BCUT2D eigenvalue weighted by molar-refractivity contribution is 5.77. The molecule has 0 aromatic heterocycles. The third-order valence-corrected chi connectivity index (χ3v) is 6.27. The molecule has 1 heterocycles. The first-order chi connectivity index (χ1) is 15.7. The molecule has 1 aliphatic heterocycles. The van der Waals surface area contributed by atoms with E-state index in [1.54, 1.807) is 7.11 Å². The minimum absolute atomic E-state index is 0.0555. The molecule has 0 N–H and O–H groups in total. The molecule has 33 heavy (non-hydrogen) atoms. The van der Waals surface area contributed by atoms with Gasteiger partial charge in [-0.2, -0.15) is 0 Å². The van der Waals surface area contributed by atoms with Gasteiger partial charge in [0.05, 0.1) is 13.7 Å². The maximum absolute atomic E-state index is 12.6. The molecule has 1 aromatic carbocycles. The highest BCUT2D eigenvalue weighted by Crippen LogP contribution is 2.20. The Bertz CT molecular complexity index is 800. The first-order valence-corrected chi connectivity index (χ1v) is 11.8. The number of benzene rings is 1. The SMILES string of the molecule is COc1cc(C)c(C#CN(C)CCOCC(=O)N(C)C2CCN(CCN(C)C)CC2)c(C)c1. The lowest BCUT2D eigenvalue weighted by molar-refractivity contribution is -0.137. The molecule has 7 heteroatoms. The fraction of sp³-hybridized carbons (Fsp3) is 0.654. The Morgan fingerprint density at radius 1 is 1.09 bits per heavy atom. The molecular weight excluding hydrogens is 416 g/mol. The van der Waals surface area contributed by atoms with Crippen molar-refractivity contribution in [1.82, 2.24) is 19.6 Å². The number of aryl methyl sites for hydroxylation is 2. The van der Waals surface area contributed by atoms with Gasteiger partial charge in [0.2, 0.25) is 5.91 Å². The smallest absolute Gasteiger partial charge is 0.248 e. The van der Waals surface area contributed by atoms with Crippen LogP contribution in [0.3, 0.4) is 0 Å². The number of methoxy groups -OCH3 is 1. The van der Waals surface area contributed by atoms with Crippen LogP contribution < -0.4 is 4.74 Å². The lowest BCUT2D eigenvalue weighted by atomic mass is 10.0. The zero-order valence-corrected chi connectivity index (χ0v) is 21.6. The van der Waals surface area contributed by atoms with Gasteiger partial charge in [0.25, 0.3) is 0 Å². The van der Waals surface area contributed by atoms with Crippen LogP contribution in [0.1, 0.15) is 29.5 Å². The van der Waals surface area contributed by atoms with E-state index >= 15 is 0 Å². The minimum Gasteiger partial charge on any atom is -0.497 e. The van der Waals surface area contributed by atoms with Crippen LogP contribution in [0.2, 0.25) is 0 Å². The minimum atomic E-state index is 0.0555. The highest BCUT2D eigenvalue weighted by Gasteiger charge is 2.25. The first-order valence-electron chi connectivity index (χ1n) is 11.8. The number of rotatable bonds is 10. The van der Waals surface area contributed by atoms with Crippen molar-refractivity contribution >= 4 is 5.91 Å². The van der Waals surface area contributed by atoms with Gasteiger partial charge in [-0.05, 0) is 70.0 Å². The Kier molecular flexibility index (Phi) is 11.0. The fourth-order valence-corrected chi connectivity index (χ4v) is 3.98. The summed E-state index contributed by atoms with van der Waals surface area (Å²) in [7, 11) is 9.72. The molecule has 0 bridgehead atoms. The number of hydrogen-bond acceptors (Lipinski definition) is 6. The average molecular weight is 459 g/mol. The van der Waals surface area contributed by atoms with Crippen LogP contribution in [0.15, 0.2) is 12.1 Å². The summed E-state index contributed by atoms with van der Waals surface area (Å²) in [5, 5.41) is 0. The van der Waals surface area contributed by atoms with E-state index in [0.29, 0.717) is 19.2 Å². The molecule has 184 valence electrons. The van der Waals surface area contributed by atoms with E-state index in [-0.39, 0.29) is 12.5 Å². The van der Waals surface area contributed by atoms with Gasteiger partial charge in [0, 0.05) is 64.5 Å². The van der Waals surface area contributed by atoms with E-state index in [2.05, 4.69) is 35.9 Å². The van der Waals surface area contributed by atoms with Crippen LogP contribution in [-0.2, 0) is 9.53 Å². The standard InChI is InChI=1S/C26H42N4O3/c1-21-18-24(32-7)19-22(2)25(21)10-11-28(5)16-17-33-20-26(31)29(6)23-8-12-30(13-9-23)15-14-27(3)4/h18-19,23H,8-9,12-17,20H2,1-7H3.